The lowest BCUT2D eigenvalue weighted by molar-refractivity contribution is 0.275. The van der Waals surface area contributed by atoms with Gasteiger partial charge in [0.2, 0.25) is 0 Å². The molecule has 0 heterocycles. The van der Waals surface area contributed by atoms with Gasteiger partial charge in [0.05, 0.1) is 8.41 Å². The molecule has 0 rings (SSSR count). The molecule has 0 saturated carbocycles. The smallest absolute Gasteiger partial charge is 0.337 e. The molecule has 0 bridgehead atoms. The first-order valence-electron chi connectivity index (χ1n) is 1.29. The van der Waals surface area contributed by atoms with E-state index < -0.39 is 7.82 Å². The van der Waals surface area contributed by atoms with Crippen LogP contribution in [-0.2, 0) is 4.57 Å². The van der Waals surface area contributed by atoms with E-state index in [1.54, 1.807) is 0 Å². The van der Waals surface area contributed by atoms with E-state index in [0.717, 1.165) is 0 Å². The molecule has 0 unspecified atom stereocenters. The third-order valence-electron chi connectivity index (χ3n) is 0. The molecule has 54 valence electrons. The summed E-state index contributed by atoms with van der Waals surface area (Å²) in [6, 6.07) is 0. The number of hydrogen-bond acceptors (Lipinski definition) is 3. The Morgan fingerprint density at radius 1 is 1.44 bits per heavy atom. The first-order chi connectivity index (χ1) is 3.41. The zero-order valence-corrected chi connectivity index (χ0v) is 4.62. The van der Waals surface area contributed by atoms with Crippen molar-refractivity contribution in [1.82, 2.24) is 0 Å². The third kappa shape index (κ3) is 779. The Hall–Kier alpha value is -0.535. The van der Waals surface area contributed by atoms with Crippen LogP contribution in [0.15, 0.2) is 0 Å². The van der Waals surface area contributed by atoms with E-state index in [-0.39, 0.29) is 8.41 Å². The van der Waals surface area contributed by atoms with E-state index >= 15 is 0 Å². The third-order valence-corrected chi connectivity index (χ3v) is 0. The SMILES string of the molecule is B.N#CN.O=P(O)(O)O. The van der Waals surface area contributed by atoms with Crippen LogP contribution in [-0.4, -0.2) is 23.1 Å². The van der Waals surface area contributed by atoms with Crippen LogP contribution in [0.1, 0.15) is 0 Å². The second-order valence-electron chi connectivity index (χ2n) is 0.642. The molecule has 0 saturated heterocycles. The van der Waals surface area contributed by atoms with Crippen molar-refractivity contribution in [2.24, 2.45) is 5.73 Å². The maximum absolute atomic E-state index is 8.88. The molecule has 0 amide bonds. The number of nitrogens with two attached hydrogens (primary N) is 1. The van der Waals surface area contributed by atoms with Crippen molar-refractivity contribution in [3.63, 3.8) is 0 Å². The summed E-state index contributed by atoms with van der Waals surface area (Å²) >= 11 is 0. The fraction of sp³-hybridized carbons (Fsp3) is 0. The highest BCUT2D eigenvalue weighted by Crippen LogP contribution is 2.25. The molecule has 0 aromatic heterocycles. The maximum atomic E-state index is 8.88. The summed E-state index contributed by atoms with van der Waals surface area (Å²) in [5, 5.41) is 7.10. The number of hydrogen-bond donors (Lipinski definition) is 4. The van der Waals surface area contributed by atoms with Crippen molar-refractivity contribution in [1.29, 1.82) is 5.26 Å². The summed E-state index contributed by atoms with van der Waals surface area (Å²) in [4.78, 5) is 21.6. The molecule has 5 N–H and O–H groups in total. The molecule has 0 aliphatic carbocycles. The van der Waals surface area contributed by atoms with Gasteiger partial charge in [0, 0.05) is 0 Å². The van der Waals surface area contributed by atoms with E-state index in [0.29, 0.717) is 0 Å². The van der Waals surface area contributed by atoms with Gasteiger partial charge < -0.3 is 20.4 Å². The number of nitrogens with zero attached hydrogens (tertiary/aromatic N) is 1. The van der Waals surface area contributed by atoms with Crippen molar-refractivity contribution in [3.8, 4) is 6.19 Å². The summed E-state index contributed by atoms with van der Waals surface area (Å²) < 4.78 is 8.88. The Morgan fingerprint density at radius 2 is 1.44 bits per heavy atom. The fourth-order valence-corrected chi connectivity index (χ4v) is 0. The minimum Gasteiger partial charge on any atom is -0.337 e. The minimum absolute atomic E-state index is 0. The van der Waals surface area contributed by atoms with Crippen LogP contribution in [0.25, 0.3) is 0 Å². The Balaban J connectivity index is -0.0000000800. The lowest BCUT2D eigenvalue weighted by atomic mass is 10.8. The van der Waals surface area contributed by atoms with Crippen molar-refractivity contribution < 1.29 is 19.2 Å². The predicted molar refractivity (Wildman–Crippen MR) is 34.0 cm³/mol. The molecule has 0 atom stereocenters. The second kappa shape index (κ2) is 7.46. The highest BCUT2D eigenvalue weighted by Gasteiger charge is 2.00. The predicted octanol–water partition coefficient (Wildman–Crippen LogP) is -2.69. The van der Waals surface area contributed by atoms with Crippen LogP contribution in [0.4, 0.5) is 0 Å². The van der Waals surface area contributed by atoms with E-state index in [2.05, 4.69) is 5.73 Å². The van der Waals surface area contributed by atoms with E-state index in [4.69, 9.17) is 24.5 Å². The lowest BCUT2D eigenvalue weighted by Gasteiger charge is -1.82. The average molecular weight is 154 g/mol. The summed E-state index contributed by atoms with van der Waals surface area (Å²) in [6.07, 6.45) is 1.25. The molecular formula is CH8BN2O4P. The number of phosphoric acid groups is 1. The Morgan fingerprint density at radius 3 is 1.44 bits per heavy atom. The largest absolute Gasteiger partial charge is 0.466 e. The first kappa shape index (κ1) is 15.8. The maximum Gasteiger partial charge on any atom is 0.466 e. The van der Waals surface area contributed by atoms with Gasteiger partial charge in [-0.1, -0.05) is 0 Å². The van der Waals surface area contributed by atoms with Crippen molar-refractivity contribution >= 4 is 16.2 Å². The molecule has 6 nitrogen and oxygen atoms in total. The second-order valence-corrected chi connectivity index (χ2v) is 1.67. The molecule has 0 aromatic rings. The summed E-state index contributed by atoms with van der Waals surface area (Å²) in [5.74, 6) is 0. The van der Waals surface area contributed by atoms with E-state index in [1.807, 2.05) is 0 Å². The summed E-state index contributed by atoms with van der Waals surface area (Å²) in [5.41, 5.74) is 4.15. The highest BCUT2D eigenvalue weighted by molar-refractivity contribution is 7.45. The lowest BCUT2D eigenvalue weighted by Crippen LogP contribution is -1.69. The molecule has 0 radical (unpaired) electrons. The Bertz CT molecular complexity index is 117. The van der Waals surface area contributed by atoms with Gasteiger partial charge >= 0.3 is 7.82 Å². The molecule has 0 aliphatic heterocycles. The molecule has 0 fully saturated rings. The topological polar surface area (TPSA) is 128 Å². The number of rotatable bonds is 0. The van der Waals surface area contributed by atoms with Crippen LogP contribution in [0, 0.1) is 11.5 Å². The van der Waals surface area contributed by atoms with Crippen LogP contribution in [0.5, 0.6) is 0 Å². The van der Waals surface area contributed by atoms with Crippen LogP contribution >= 0.6 is 7.82 Å². The average Bonchev–Trinajstić information content (AvgIpc) is 1.27. The zero-order valence-electron chi connectivity index (χ0n) is 3.72. The van der Waals surface area contributed by atoms with Crippen molar-refractivity contribution in [3.05, 3.63) is 0 Å². The molecule has 0 aromatic carbocycles. The van der Waals surface area contributed by atoms with Crippen LogP contribution < -0.4 is 5.73 Å². The van der Waals surface area contributed by atoms with E-state index in [9.17, 15) is 0 Å². The van der Waals surface area contributed by atoms with Crippen LogP contribution in [0.3, 0.4) is 0 Å². The Kier molecular flexibility index (Phi) is 13.1. The van der Waals surface area contributed by atoms with Gasteiger partial charge in [0.1, 0.15) is 0 Å². The first-order valence-corrected chi connectivity index (χ1v) is 2.86. The highest BCUT2D eigenvalue weighted by atomic mass is 31.2. The molecular weight excluding hydrogens is 146 g/mol. The molecule has 9 heavy (non-hydrogen) atoms. The quantitative estimate of drug-likeness (QED) is 0.130. The van der Waals surface area contributed by atoms with Gasteiger partial charge in [-0.25, -0.2) is 4.57 Å². The van der Waals surface area contributed by atoms with Gasteiger partial charge in [-0.05, 0) is 0 Å². The van der Waals surface area contributed by atoms with Crippen molar-refractivity contribution in [2.75, 3.05) is 0 Å². The monoisotopic (exact) mass is 154 g/mol. The summed E-state index contributed by atoms with van der Waals surface area (Å²) in [7, 11) is -4.64. The fourth-order valence-electron chi connectivity index (χ4n) is 0. The van der Waals surface area contributed by atoms with Gasteiger partial charge in [0.15, 0.2) is 6.19 Å². The van der Waals surface area contributed by atoms with E-state index in [1.165, 1.54) is 6.19 Å². The zero-order chi connectivity index (χ0) is 7.21. The van der Waals surface area contributed by atoms with Gasteiger partial charge in [-0.2, -0.15) is 5.26 Å². The normalized spacial score (nSPS) is 7.33. The van der Waals surface area contributed by atoms with Gasteiger partial charge in [0.25, 0.3) is 0 Å². The minimum atomic E-state index is -4.64. The Labute approximate surface area is 53.7 Å². The number of nitriles is 1. The van der Waals surface area contributed by atoms with Crippen molar-refractivity contribution in [2.45, 2.75) is 0 Å². The van der Waals surface area contributed by atoms with Gasteiger partial charge in [-0.15, -0.1) is 0 Å². The molecule has 0 aliphatic rings. The standard InChI is InChI=1S/CH2N2.BH3.H3O4P/c2-1-3;;1-5(2,3)4/h2H2;1H3;(H3,1,2,3,4). The molecule has 0 spiro atoms. The molecule has 8 heteroatoms. The van der Waals surface area contributed by atoms with Crippen LogP contribution in [0.2, 0.25) is 0 Å². The van der Waals surface area contributed by atoms with Gasteiger partial charge in [-0.3, -0.25) is 0 Å². The summed E-state index contributed by atoms with van der Waals surface area (Å²) in [6.45, 7) is 0.